The van der Waals surface area contributed by atoms with Gasteiger partial charge in [0.1, 0.15) is 0 Å². The Morgan fingerprint density at radius 3 is 2.42 bits per heavy atom. The number of hydrogen-bond donors (Lipinski definition) is 0. The predicted octanol–water partition coefficient (Wildman–Crippen LogP) is 4.70. The van der Waals surface area contributed by atoms with Crippen molar-refractivity contribution in [3.63, 3.8) is 0 Å². The summed E-state index contributed by atoms with van der Waals surface area (Å²) < 4.78 is 33.6. The maximum absolute atomic E-state index is 13.5. The summed E-state index contributed by atoms with van der Waals surface area (Å²) in [5.74, 6) is 0. The zero-order valence-electron chi connectivity index (χ0n) is 15.2. The van der Waals surface area contributed by atoms with Crippen molar-refractivity contribution < 1.29 is 12.8 Å². The molecule has 4 nitrogen and oxygen atoms in total. The SMILES string of the molecule is Cc1cc(C)c(S(=O)(=O)N(CCc2cccs2)Cc2ccoc2)c(C)c1. The van der Waals surface area contributed by atoms with Gasteiger partial charge in [-0.3, -0.25) is 0 Å². The van der Waals surface area contributed by atoms with Crippen molar-refractivity contribution in [2.24, 2.45) is 0 Å². The van der Waals surface area contributed by atoms with Crippen LogP contribution in [0.3, 0.4) is 0 Å². The molecule has 0 saturated carbocycles. The smallest absolute Gasteiger partial charge is 0.243 e. The van der Waals surface area contributed by atoms with E-state index in [0.29, 0.717) is 24.4 Å². The Labute approximate surface area is 159 Å². The van der Waals surface area contributed by atoms with Crippen molar-refractivity contribution in [2.75, 3.05) is 6.54 Å². The largest absolute Gasteiger partial charge is 0.472 e. The van der Waals surface area contributed by atoms with Crippen molar-refractivity contribution >= 4 is 21.4 Å². The molecule has 3 rings (SSSR count). The molecule has 2 aromatic heterocycles. The van der Waals surface area contributed by atoms with E-state index in [4.69, 9.17) is 4.42 Å². The van der Waals surface area contributed by atoms with Crippen LogP contribution in [0.4, 0.5) is 0 Å². The van der Waals surface area contributed by atoms with Crippen LogP contribution in [0.1, 0.15) is 27.1 Å². The maximum Gasteiger partial charge on any atom is 0.243 e. The summed E-state index contributed by atoms with van der Waals surface area (Å²) in [6, 6.07) is 9.69. The Morgan fingerprint density at radius 2 is 1.85 bits per heavy atom. The van der Waals surface area contributed by atoms with Gasteiger partial charge in [-0.1, -0.05) is 23.8 Å². The van der Waals surface area contributed by atoms with Crippen LogP contribution in [0, 0.1) is 20.8 Å². The van der Waals surface area contributed by atoms with Crippen LogP contribution >= 0.6 is 11.3 Å². The summed E-state index contributed by atoms with van der Waals surface area (Å²) in [6.45, 7) is 6.44. The summed E-state index contributed by atoms with van der Waals surface area (Å²) >= 11 is 1.65. The van der Waals surface area contributed by atoms with Crippen LogP contribution < -0.4 is 0 Å². The lowest BCUT2D eigenvalue weighted by Crippen LogP contribution is -2.33. The number of rotatable bonds is 7. The van der Waals surface area contributed by atoms with E-state index in [-0.39, 0.29) is 0 Å². The number of hydrogen-bond acceptors (Lipinski definition) is 4. The Hall–Kier alpha value is -1.89. The third kappa shape index (κ3) is 4.09. The second-order valence-corrected chi connectivity index (χ2v) is 9.43. The number of nitrogens with zero attached hydrogens (tertiary/aromatic N) is 1. The van der Waals surface area contributed by atoms with Crippen LogP contribution in [-0.4, -0.2) is 19.3 Å². The second kappa shape index (κ2) is 7.78. The molecule has 26 heavy (non-hydrogen) atoms. The van der Waals surface area contributed by atoms with Gasteiger partial charge in [0, 0.05) is 23.5 Å². The molecule has 0 spiro atoms. The highest BCUT2D eigenvalue weighted by atomic mass is 32.2. The van der Waals surface area contributed by atoms with Crippen molar-refractivity contribution in [1.29, 1.82) is 0 Å². The van der Waals surface area contributed by atoms with Gasteiger partial charge in [0.05, 0.1) is 17.4 Å². The number of benzene rings is 1. The number of thiophene rings is 1. The van der Waals surface area contributed by atoms with E-state index in [0.717, 1.165) is 22.3 Å². The topological polar surface area (TPSA) is 50.5 Å². The van der Waals surface area contributed by atoms with Gasteiger partial charge in [0.2, 0.25) is 10.0 Å². The first-order chi connectivity index (χ1) is 12.4. The lowest BCUT2D eigenvalue weighted by Gasteiger charge is -2.24. The van der Waals surface area contributed by atoms with Gasteiger partial charge in [-0.15, -0.1) is 11.3 Å². The van der Waals surface area contributed by atoms with Crippen molar-refractivity contribution in [3.8, 4) is 0 Å². The zero-order chi connectivity index (χ0) is 18.7. The molecule has 0 radical (unpaired) electrons. The minimum absolute atomic E-state index is 0.303. The molecular weight excluding hydrogens is 366 g/mol. The molecular formula is C20H23NO3S2. The predicted molar refractivity (Wildman–Crippen MR) is 105 cm³/mol. The van der Waals surface area contributed by atoms with Gasteiger partial charge in [-0.05, 0) is 55.8 Å². The molecule has 0 N–H and O–H groups in total. The molecule has 0 amide bonds. The van der Waals surface area contributed by atoms with Crippen LogP contribution in [0.25, 0.3) is 0 Å². The highest BCUT2D eigenvalue weighted by molar-refractivity contribution is 7.89. The highest BCUT2D eigenvalue weighted by Crippen LogP contribution is 2.27. The normalized spacial score (nSPS) is 12.0. The summed E-state index contributed by atoms with van der Waals surface area (Å²) in [6.07, 6.45) is 3.86. The maximum atomic E-state index is 13.5. The standard InChI is InChI=1S/C20H23NO3S2/c1-15-11-16(2)20(17(3)12-15)26(22,23)21(13-18-7-9-24-14-18)8-6-19-5-4-10-25-19/h4-5,7,9-12,14H,6,8,13H2,1-3H3. The molecule has 2 heterocycles. The first-order valence-electron chi connectivity index (χ1n) is 8.49. The molecule has 0 atom stereocenters. The van der Waals surface area contributed by atoms with Gasteiger partial charge >= 0.3 is 0 Å². The molecule has 0 bridgehead atoms. The first kappa shape index (κ1) is 18.9. The van der Waals surface area contributed by atoms with Crippen molar-refractivity contribution in [1.82, 2.24) is 4.31 Å². The molecule has 6 heteroatoms. The number of furan rings is 1. The van der Waals surface area contributed by atoms with Crippen LogP contribution in [0.2, 0.25) is 0 Å². The van der Waals surface area contributed by atoms with Gasteiger partial charge in [0.15, 0.2) is 0 Å². The first-order valence-corrected chi connectivity index (χ1v) is 10.8. The summed E-state index contributed by atoms with van der Waals surface area (Å²) in [7, 11) is -3.61. The van der Waals surface area contributed by atoms with E-state index in [1.165, 1.54) is 4.88 Å². The Kier molecular flexibility index (Phi) is 5.65. The van der Waals surface area contributed by atoms with Crippen molar-refractivity contribution in [2.45, 2.75) is 38.6 Å². The molecule has 0 unspecified atom stereocenters. The van der Waals surface area contributed by atoms with Gasteiger partial charge in [-0.25, -0.2) is 8.42 Å². The Bertz CT molecular complexity index is 936. The minimum Gasteiger partial charge on any atom is -0.472 e. The van der Waals surface area contributed by atoms with E-state index in [1.54, 1.807) is 28.2 Å². The molecule has 0 aliphatic rings. The third-order valence-corrected chi connectivity index (χ3v) is 7.42. The molecule has 1 aromatic carbocycles. The summed E-state index contributed by atoms with van der Waals surface area (Å²) in [5.41, 5.74) is 3.49. The van der Waals surface area contributed by atoms with E-state index in [2.05, 4.69) is 0 Å². The van der Waals surface area contributed by atoms with Crippen molar-refractivity contribution in [3.05, 3.63) is 75.4 Å². The number of sulfonamides is 1. The van der Waals surface area contributed by atoms with E-state index in [9.17, 15) is 8.42 Å². The summed E-state index contributed by atoms with van der Waals surface area (Å²) in [4.78, 5) is 1.59. The Morgan fingerprint density at radius 1 is 1.12 bits per heavy atom. The lowest BCUT2D eigenvalue weighted by atomic mass is 10.1. The highest BCUT2D eigenvalue weighted by Gasteiger charge is 2.28. The molecule has 0 saturated heterocycles. The van der Waals surface area contributed by atoms with Crippen LogP contribution in [0.5, 0.6) is 0 Å². The Balaban J connectivity index is 1.96. The van der Waals surface area contributed by atoms with Gasteiger partial charge in [-0.2, -0.15) is 4.31 Å². The van der Waals surface area contributed by atoms with Crippen LogP contribution in [0.15, 0.2) is 57.6 Å². The molecule has 0 aliphatic carbocycles. The summed E-state index contributed by atoms with van der Waals surface area (Å²) in [5, 5.41) is 2.01. The van der Waals surface area contributed by atoms with Crippen LogP contribution in [-0.2, 0) is 23.0 Å². The van der Waals surface area contributed by atoms with E-state index < -0.39 is 10.0 Å². The molecule has 138 valence electrons. The average molecular weight is 390 g/mol. The molecule has 0 fully saturated rings. The fourth-order valence-corrected chi connectivity index (χ4v) is 5.80. The minimum atomic E-state index is -3.61. The quantitative estimate of drug-likeness (QED) is 0.588. The average Bonchev–Trinajstić information content (AvgIpc) is 3.23. The fourth-order valence-electron chi connectivity index (χ4n) is 3.26. The molecule has 3 aromatic rings. The monoisotopic (exact) mass is 389 g/mol. The van der Waals surface area contributed by atoms with E-state index in [1.807, 2.05) is 56.5 Å². The van der Waals surface area contributed by atoms with Gasteiger partial charge in [0.25, 0.3) is 0 Å². The van der Waals surface area contributed by atoms with E-state index >= 15 is 0 Å². The zero-order valence-corrected chi connectivity index (χ0v) is 16.9. The second-order valence-electron chi connectivity index (χ2n) is 6.53. The molecule has 0 aliphatic heterocycles. The number of aryl methyl sites for hydroxylation is 3. The van der Waals surface area contributed by atoms with Gasteiger partial charge < -0.3 is 4.42 Å². The fraction of sp³-hybridized carbons (Fsp3) is 0.300. The lowest BCUT2D eigenvalue weighted by molar-refractivity contribution is 0.407. The third-order valence-electron chi connectivity index (χ3n) is 4.33.